The lowest BCUT2D eigenvalue weighted by Gasteiger charge is -2.34. The minimum Gasteiger partial charge on any atom is -0.203 e. The van der Waals surface area contributed by atoms with Gasteiger partial charge in [0.2, 0.25) is 11.6 Å². The van der Waals surface area contributed by atoms with Crippen molar-refractivity contribution < 1.29 is 43.9 Å². The van der Waals surface area contributed by atoms with E-state index in [2.05, 4.69) is 0 Å². The second-order valence-corrected chi connectivity index (χ2v) is 7.73. The van der Waals surface area contributed by atoms with Gasteiger partial charge < -0.3 is 0 Å². The monoisotopic (exact) mass is 498 g/mol. The predicted molar refractivity (Wildman–Crippen MR) is 103 cm³/mol. The highest BCUT2D eigenvalue weighted by Gasteiger charge is 2.54. The molecular weight excluding hydrogens is 490 g/mol. The largest absolute Gasteiger partial charge is 0.203 e. The summed E-state index contributed by atoms with van der Waals surface area (Å²) in [5, 5.41) is 0. The Labute approximate surface area is 190 Å². The van der Waals surface area contributed by atoms with E-state index in [4.69, 9.17) is 0 Å². The van der Waals surface area contributed by atoms with E-state index in [1.807, 2.05) is 0 Å². The standard InChI is InChI=1S/C25H8F10/c26-15-13(16(27)20(31)23(34)19(15)30)25(14-17(28)21(32)24(35)22(33)18(14)29)11-7-3-1-5-9(11)10-6-2-4-8-12(10)25/h1-8H. The van der Waals surface area contributed by atoms with Crippen LogP contribution in [0.5, 0.6) is 0 Å². The SMILES string of the molecule is Fc1c(F)c(F)c(C2(c3c(F)c(F)c(F)c(F)c3F)c3ccccc3-c3ccccc32)c(F)c1F. The first-order chi connectivity index (χ1) is 16.6. The third-order valence-corrected chi connectivity index (χ3v) is 6.12. The second-order valence-electron chi connectivity index (χ2n) is 7.73. The Morgan fingerprint density at radius 2 is 0.600 bits per heavy atom. The first-order valence-corrected chi connectivity index (χ1v) is 9.79. The van der Waals surface area contributed by atoms with Crippen LogP contribution in [0.4, 0.5) is 43.9 Å². The highest BCUT2D eigenvalue weighted by molar-refractivity contribution is 5.86. The van der Waals surface area contributed by atoms with Crippen molar-refractivity contribution in [3.8, 4) is 11.1 Å². The molecule has 1 aliphatic rings. The smallest absolute Gasteiger partial charge is 0.200 e. The van der Waals surface area contributed by atoms with Crippen molar-refractivity contribution in [3.05, 3.63) is 129 Å². The van der Waals surface area contributed by atoms with Crippen molar-refractivity contribution in [1.29, 1.82) is 0 Å². The molecule has 0 bridgehead atoms. The number of fused-ring (bicyclic) bond motifs is 3. The van der Waals surface area contributed by atoms with Crippen LogP contribution in [0.2, 0.25) is 0 Å². The van der Waals surface area contributed by atoms with E-state index < -0.39 is 85.8 Å². The summed E-state index contributed by atoms with van der Waals surface area (Å²) >= 11 is 0. The first kappa shape index (κ1) is 22.9. The van der Waals surface area contributed by atoms with E-state index >= 15 is 17.6 Å². The molecule has 0 unspecified atom stereocenters. The summed E-state index contributed by atoms with van der Waals surface area (Å²) < 4.78 is 146. The Morgan fingerprint density at radius 1 is 0.343 bits per heavy atom. The summed E-state index contributed by atoms with van der Waals surface area (Å²) in [6.45, 7) is 0. The maximum atomic E-state index is 15.3. The molecule has 10 heteroatoms. The fourth-order valence-electron chi connectivity index (χ4n) is 4.77. The van der Waals surface area contributed by atoms with Gasteiger partial charge in [-0.3, -0.25) is 0 Å². The van der Waals surface area contributed by atoms with Crippen molar-refractivity contribution >= 4 is 0 Å². The zero-order chi connectivity index (χ0) is 25.4. The summed E-state index contributed by atoms with van der Waals surface area (Å²) in [4.78, 5) is 0. The highest BCUT2D eigenvalue weighted by Crippen LogP contribution is 2.58. The molecule has 0 N–H and O–H groups in total. The van der Waals surface area contributed by atoms with Gasteiger partial charge >= 0.3 is 0 Å². The second kappa shape index (κ2) is 7.59. The minimum atomic E-state index is -3.14. The Balaban J connectivity index is 2.15. The number of hydrogen-bond donors (Lipinski definition) is 0. The summed E-state index contributed by atoms with van der Waals surface area (Å²) in [5.74, 6) is -24.9. The van der Waals surface area contributed by atoms with Gasteiger partial charge in [0.05, 0.1) is 5.41 Å². The van der Waals surface area contributed by atoms with E-state index in [0.717, 1.165) is 12.1 Å². The molecule has 0 saturated carbocycles. The Bertz CT molecular complexity index is 1380. The summed E-state index contributed by atoms with van der Waals surface area (Å²) in [6.07, 6.45) is 0. The molecule has 0 radical (unpaired) electrons. The van der Waals surface area contributed by atoms with Gasteiger partial charge in [-0.05, 0) is 22.3 Å². The molecule has 0 amide bonds. The summed E-state index contributed by atoms with van der Waals surface area (Å²) in [5.41, 5.74) is -7.56. The molecular formula is C25H8F10. The third-order valence-electron chi connectivity index (χ3n) is 6.12. The Morgan fingerprint density at radius 3 is 0.914 bits per heavy atom. The molecule has 5 rings (SSSR count). The third kappa shape index (κ3) is 2.70. The van der Waals surface area contributed by atoms with Crippen LogP contribution in [-0.4, -0.2) is 0 Å². The maximum Gasteiger partial charge on any atom is 0.200 e. The fourth-order valence-corrected chi connectivity index (χ4v) is 4.77. The van der Waals surface area contributed by atoms with E-state index in [0.29, 0.717) is 0 Å². The highest BCUT2D eigenvalue weighted by atomic mass is 19.2. The van der Waals surface area contributed by atoms with Gasteiger partial charge in [0, 0.05) is 11.1 Å². The van der Waals surface area contributed by atoms with Crippen LogP contribution in [0.25, 0.3) is 11.1 Å². The number of benzene rings is 4. The van der Waals surface area contributed by atoms with Crippen LogP contribution in [0.3, 0.4) is 0 Å². The molecule has 178 valence electrons. The summed E-state index contributed by atoms with van der Waals surface area (Å²) in [6, 6.07) is 9.97. The molecule has 4 aromatic rings. The quantitative estimate of drug-likeness (QED) is 0.135. The lowest BCUT2D eigenvalue weighted by molar-refractivity contribution is 0.347. The fraction of sp³-hybridized carbons (Fsp3) is 0.0400. The van der Waals surface area contributed by atoms with Gasteiger partial charge in [-0.15, -0.1) is 0 Å². The van der Waals surface area contributed by atoms with Crippen molar-refractivity contribution in [2.45, 2.75) is 5.41 Å². The average molecular weight is 498 g/mol. The predicted octanol–water partition coefficient (Wildman–Crippen LogP) is 7.44. The average Bonchev–Trinajstić information content (AvgIpc) is 3.15. The minimum absolute atomic E-state index is 0.0241. The summed E-state index contributed by atoms with van der Waals surface area (Å²) in [7, 11) is 0. The van der Waals surface area contributed by atoms with E-state index in [1.165, 1.54) is 36.4 Å². The van der Waals surface area contributed by atoms with Crippen molar-refractivity contribution in [3.63, 3.8) is 0 Å². The Kier molecular flexibility index (Phi) is 4.98. The molecule has 0 nitrogen and oxygen atoms in total. The van der Waals surface area contributed by atoms with Crippen LogP contribution < -0.4 is 0 Å². The molecule has 1 aliphatic carbocycles. The molecule has 0 aromatic heterocycles. The van der Waals surface area contributed by atoms with Gasteiger partial charge in [-0.25, -0.2) is 43.9 Å². The van der Waals surface area contributed by atoms with Gasteiger partial charge in [0.25, 0.3) is 0 Å². The molecule has 0 heterocycles. The van der Waals surface area contributed by atoms with Crippen molar-refractivity contribution in [2.24, 2.45) is 0 Å². The Hall–Kier alpha value is -3.82. The number of halogens is 10. The van der Waals surface area contributed by atoms with Crippen molar-refractivity contribution in [1.82, 2.24) is 0 Å². The van der Waals surface area contributed by atoms with Gasteiger partial charge in [-0.1, -0.05) is 48.5 Å². The van der Waals surface area contributed by atoms with Gasteiger partial charge in [-0.2, -0.15) is 0 Å². The molecule has 4 aromatic carbocycles. The zero-order valence-corrected chi connectivity index (χ0v) is 16.9. The lowest BCUT2D eigenvalue weighted by atomic mass is 9.66. The number of hydrogen-bond acceptors (Lipinski definition) is 0. The van der Waals surface area contributed by atoms with Crippen LogP contribution in [0.15, 0.2) is 48.5 Å². The van der Waals surface area contributed by atoms with Crippen LogP contribution in [-0.2, 0) is 5.41 Å². The molecule has 0 aliphatic heterocycles. The van der Waals surface area contributed by atoms with Crippen LogP contribution in [0.1, 0.15) is 22.3 Å². The normalized spacial score (nSPS) is 13.7. The van der Waals surface area contributed by atoms with E-state index in [9.17, 15) is 26.3 Å². The first-order valence-electron chi connectivity index (χ1n) is 9.79. The topological polar surface area (TPSA) is 0 Å². The van der Waals surface area contributed by atoms with Crippen LogP contribution >= 0.6 is 0 Å². The lowest BCUT2D eigenvalue weighted by Crippen LogP contribution is -2.35. The van der Waals surface area contributed by atoms with E-state index in [-0.39, 0.29) is 11.1 Å². The van der Waals surface area contributed by atoms with Gasteiger partial charge in [0.15, 0.2) is 46.5 Å². The van der Waals surface area contributed by atoms with Crippen molar-refractivity contribution in [2.75, 3.05) is 0 Å². The van der Waals surface area contributed by atoms with Gasteiger partial charge in [0.1, 0.15) is 0 Å². The van der Waals surface area contributed by atoms with Crippen LogP contribution in [0, 0.1) is 58.2 Å². The number of rotatable bonds is 2. The molecule has 0 fully saturated rings. The molecule has 35 heavy (non-hydrogen) atoms. The zero-order valence-electron chi connectivity index (χ0n) is 16.9. The van der Waals surface area contributed by atoms with E-state index in [1.54, 1.807) is 0 Å². The molecule has 0 spiro atoms. The maximum absolute atomic E-state index is 15.3. The molecule has 0 atom stereocenters. The molecule has 0 saturated heterocycles.